The number of hydrogen-bond acceptors (Lipinski definition) is 7. The van der Waals surface area contributed by atoms with Crippen LogP contribution >= 0.6 is 11.3 Å². The lowest BCUT2D eigenvalue weighted by molar-refractivity contribution is -0.384. The first-order valence-electron chi connectivity index (χ1n) is 9.97. The number of methoxy groups -OCH3 is 1. The standard InChI is InChI=1S/C24H19N3O5S/c1-15-21(23(29)32-2)19(13-10-16-6-4-3-5-7-16)26-22(28)20(33-24(26)25-15)14-17-8-11-18(12-9-17)27(30)31/h3-14,19H,1-2H3/b13-10+,20-14+/t19-/m0/s1. The lowest BCUT2D eigenvalue weighted by atomic mass is 10.0. The fourth-order valence-corrected chi connectivity index (χ4v) is 4.58. The van der Waals surface area contributed by atoms with Gasteiger partial charge in [0.25, 0.3) is 11.2 Å². The highest BCUT2D eigenvalue weighted by Crippen LogP contribution is 2.26. The predicted octanol–water partition coefficient (Wildman–Crippen LogP) is 2.98. The maximum atomic E-state index is 13.3. The first kappa shape index (κ1) is 22.1. The third-order valence-electron chi connectivity index (χ3n) is 5.14. The Hall–Kier alpha value is -4.11. The number of aromatic nitrogens is 1. The number of nitro benzene ring substituents is 1. The van der Waals surface area contributed by atoms with Crippen LogP contribution in [0.1, 0.15) is 24.1 Å². The molecule has 3 aromatic rings. The average Bonchev–Trinajstić information content (AvgIpc) is 3.12. The molecule has 9 heteroatoms. The number of nitrogens with zero attached hydrogens (tertiary/aromatic N) is 3. The smallest absolute Gasteiger partial charge is 0.338 e. The highest BCUT2D eigenvalue weighted by molar-refractivity contribution is 7.07. The van der Waals surface area contributed by atoms with Crippen LogP contribution in [-0.4, -0.2) is 22.6 Å². The van der Waals surface area contributed by atoms with E-state index in [2.05, 4.69) is 4.99 Å². The zero-order chi connectivity index (χ0) is 23.5. The molecule has 33 heavy (non-hydrogen) atoms. The van der Waals surface area contributed by atoms with Crippen LogP contribution < -0.4 is 14.9 Å². The van der Waals surface area contributed by atoms with Crippen molar-refractivity contribution in [1.29, 1.82) is 0 Å². The van der Waals surface area contributed by atoms with E-state index in [4.69, 9.17) is 4.74 Å². The van der Waals surface area contributed by atoms with Crippen LogP contribution in [-0.2, 0) is 9.53 Å². The Morgan fingerprint density at radius 2 is 1.85 bits per heavy atom. The number of nitro groups is 1. The molecule has 1 aromatic heterocycles. The molecule has 0 spiro atoms. The van der Waals surface area contributed by atoms with E-state index >= 15 is 0 Å². The Morgan fingerprint density at radius 1 is 1.15 bits per heavy atom. The fourth-order valence-electron chi connectivity index (χ4n) is 3.53. The Labute approximate surface area is 192 Å². The van der Waals surface area contributed by atoms with E-state index in [1.54, 1.807) is 31.2 Å². The highest BCUT2D eigenvalue weighted by atomic mass is 32.1. The SMILES string of the molecule is COC(=O)C1=C(C)N=c2s/c(=C/c3ccc([N+](=O)[O-])cc3)c(=O)n2[C@H]1/C=C/c1ccccc1. The normalized spacial score (nSPS) is 15.9. The summed E-state index contributed by atoms with van der Waals surface area (Å²) in [7, 11) is 1.29. The highest BCUT2D eigenvalue weighted by Gasteiger charge is 2.30. The monoisotopic (exact) mass is 461 g/mol. The number of esters is 1. The van der Waals surface area contributed by atoms with Crippen LogP contribution in [0.3, 0.4) is 0 Å². The number of carbonyl (C=O) groups is 1. The first-order chi connectivity index (χ1) is 15.9. The molecule has 0 amide bonds. The molecular formula is C24H19N3O5S. The molecule has 1 atom stereocenters. The van der Waals surface area contributed by atoms with Gasteiger partial charge in [0.15, 0.2) is 4.80 Å². The number of non-ortho nitro benzene ring substituents is 1. The number of ether oxygens (including phenoxy) is 1. The van der Waals surface area contributed by atoms with Gasteiger partial charge in [0.1, 0.15) is 0 Å². The van der Waals surface area contributed by atoms with E-state index < -0.39 is 16.9 Å². The van der Waals surface area contributed by atoms with Crippen molar-refractivity contribution in [1.82, 2.24) is 4.57 Å². The Morgan fingerprint density at radius 3 is 2.48 bits per heavy atom. The zero-order valence-corrected chi connectivity index (χ0v) is 18.6. The molecular weight excluding hydrogens is 442 g/mol. The van der Waals surface area contributed by atoms with Crippen molar-refractivity contribution in [2.75, 3.05) is 7.11 Å². The summed E-state index contributed by atoms with van der Waals surface area (Å²) >= 11 is 1.19. The summed E-state index contributed by atoms with van der Waals surface area (Å²) < 4.78 is 6.84. The molecule has 166 valence electrons. The predicted molar refractivity (Wildman–Crippen MR) is 125 cm³/mol. The minimum absolute atomic E-state index is 0.0296. The Balaban J connectivity index is 1.84. The molecule has 4 rings (SSSR count). The Bertz CT molecular complexity index is 1460. The first-order valence-corrected chi connectivity index (χ1v) is 10.8. The second-order valence-corrected chi connectivity index (χ2v) is 8.24. The van der Waals surface area contributed by atoms with Crippen LogP contribution in [0.2, 0.25) is 0 Å². The van der Waals surface area contributed by atoms with Gasteiger partial charge in [0.2, 0.25) is 0 Å². The molecule has 8 nitrogen and oxygen atoms in total. The van der Waals surface area contributed by atoms with Gasteiger partial charge < -0.3 is 4.74 Å². The van der Waals surface area contributed by atoms with Gasteiger partial charge in [0.05, 0.1) is 33.9 Å². The molecule has 1 aliphatic rings. The van der Waals surface area contributed by atoms with Crippen LogP contribution in [0.4, 0.5) is 5.69 Å². The number of benzene rings is 2. The topological polar surface area (TPSA) is 104 Å². The number of thiazole rings is 1. The number of fused-ring (bicyclic) bond motifs is 1. The second kappa shape index (κ2) is 9.17. The summed E-state index contributed by atoms with van der Waals surface area (Å²) in [4.78, 5) is 41.2. The van der Waals surface area contributed by atoms with Gasteiger partial charge in [0, 0.05) is 12.1 Å². The molecule has 2 heterocycles. The molecule has 0 saturated carbocycles. The average molecular weight is 461 g/mol. The molecule has 0 unspecified atom stereocenters. The van der Waals surface area contributed by atoms with Gasteiger partial charge in [-0.05, 0) is 36.3 Å². The molecule has 0 N–H and O–H groups in total. The van der Waals surface area contributed by atoms with Gasteiger partial charge >= 0.3 is 5.97 Å². The minimum Gasteiger partial charge on any atom is -0.466 e. The summed E-state index contributed by atoms with van der Waals surface area (Å²) in [6, 6.07) is 14.8. The maximum absolute atomic E-state index is 13.3. The third-order valence-corrected chi connectivity index (χ3v) is 6.12. The zero-order valence-electron chi connectivity index (χ0n) is 17.8. The van der Waals surface area contributed by atoms with Crippen molar-refractivity contribution >= 4 is 35.1 Å². The van der Waals surface area contributed by atoms with Gasteiger partial charge in [-0.2, -0.15) is 0 Å². The van der Waals surface area contributed by atoms with Crippen molar-refractivity contribution in [3.63, 3.8) is 0 Å². The molecule has 0 fully saturated rings. The molecule has 0 saturated heterocycles. The van der Waals surface area contributed by atoms with Gasteiger partial charge in [-0.25, -0.2) is 9.79 Å². The maximum Gasteiger partial charge on any atom is 0.338 e. The van der Waals surface area contributed by atoms with E-state index in [1.165, 1.54) is 35.1 Å². The Kier molecular flexibility index (Phi) is 6.14. The van der Waals surface area contributed by atoms with Gasteiger partial charge in [-0.3, -0.25) is 19.5 Å². The van der Waals surface area contributed by atoms with E-state index in [1.807, 2.05) is 36.4 Å². The summed E-state index contributed by atoms with van der Waals surface area (Å²) in [6.07, 6.45) is 5.29. The summed E-state index contributed by atoms with van der Waals surface area (Å²) in [5, 5.41) is 10.9. The van der Waals surface area contributed by atoms with Crippen molar-refractivity contribution in [3.8, 4) is 0 Å². The largest absolute Gasteiger partial charge is 0.466 e. The molecule has 0 bridgehead atoms. The number of hydrogen-bond donors (Lipinski definition) is 0. The summed E-state index contributed by atoms with van der Waals surface area (Å²) in [5.74, 6) is -0.552. The van der Waals surface area contributed by atoms with Crippen molar-refractivity contribution < 1.29 is 14.5 Å². The number of allylic oxidation sites excluding steroid dienone is 2. The van der Waals surface area contributed by atoms with Crippen molar-refractivity contribution in [2.24, 2.45) is 4.99 Å². The van der Waals surface area contributed by atoms with Gasteiger partial charge in [-0.1, -0.05) is 53.8 Å². The lowest BCUT2D eigenvalue weighted by Crippen LogP contribution is -2.38. The van der Waals surface area contributed by atoms with Gasteiger partial charge in [-0.15, -0.1) is 0 Å². The fraction of sp³-hybridized carbons (Fsp3) is 0.125. The molecule has 0 aliphatic carbocycles. The summed E-state index contributed by atoms with van der Waals surface area (Å²) in [6.45, 7) is 1.71. The molecule has 2 aromatic carbocycles. The number of rotatable bonds is 5. The van der Waals surface area contributed by atoms with E-state index in [0.717, 1.165) is 5.56 Å². The van der Waals surface area contributed by atoms with Crippen LogP contribution in [0, 0.1) is 10.1 Å². The van der Waals surface area contributed by atoms with Crippen LogP contribution in [0.25, 0.3) is 12.2 Å². The van der Waals surface area contributed by atoms with Crippen LogP contribution in [0.15, 0.2) is 81.7 Å². The van der Waals surface area contributed by atoms with E-state index in [0.29, 0.717) is 26.2 Å². The van der Waals surface area contributed by atoms with Crippen molar-refractivity contribution in [2.45, 2.75) is 13.0 Å². The second-order valence-electron chi connectivity index (χ2n) is 7.23. The van der Waals surface area contributed by atoms with E-state index in [9.17, 15) is 19.7 Å². The quantitative estimate of drug-likeness (QED) is 0.330. The lowest BCUT2D eigenvalue weighted by Gasteiger charge is -2.21. The number of carbonyl (C=O) groups excluding carboxylic acids is 1. The minimum atomic E-state index is -0.687. The summed E-state index contributed by atoms with van der Waals surface area (Å²) in [5.41, 5.74) is 1.99. The third kappa shape index (κ3) is 4.44. The van der Waals surface area contributed by atoms with Crippen LogP contribution in [0.5, 0.6) is 0 Å². The van der Waals surface area contributed by atoms with Crippen molar-refractivity contribution in [3.05, 3.63) is 113 Å². The molecule has 1 aliphatic heterocycles. The molecule has 0 radical (unpaired) electrons. The van der Waals surface area contributed by atoms with E-state index in [-0.39, 0.29) is 11.2 Å².